The van der Waals surface area contributed by atoms with E-state index in [1.54, 1.807) is 6.07 Å². The fourth-order valence-electron chi connectivity index (χ4n) is 1.41. The molecule has 80 valence electrons. The standard InChI is InChI=1S/C12H17N3/c1-2-3-4-7-15-12-6-5-11(14)8-10(12)9-13/h5-6,8,15H,2-4,7,14H2,1H3. The van der Waals surface area contributed by atoms with Crippen LogP contribution in [0.15, 0.2) is 18.2 Å². The van der Waals surface area contributed by atoms with E-state index >= 15 is 0 Å². The molecule has 0 bridgehead atoms. The molecule has 0 aliphatic heterocycles. The summed E-state index contributed by atoms with van der Waals surface area (Å²) in [5.74, 6) is 0. The molecular formula is C12H17N3. The Kier molecular flexibility index (Phi) is 4.49. The summed E-state index contributed by atoms with van der Waals surface area (Å²) in [5.41, 5.74) is 7.73. The van der Waals surface area contributed by atoms with Gasteiger partial charge in [-0.3, -0.25) is 0 Å². The van der Waals surface area contributed by atoms with Gasteiger partial charge in [-0.05, 0) is 24.6 Å². The number of rotatable bonds is 5. The number of nitrogens with zero attached hydrogens (tertiary/aromatic N) is 1. The van der Waals surface area contributed by atoms with Gasteiger partial charge in [0.05, 0.1) is 11.3 Å². The molecule has 0 saturated carbocycles. The molecule has 15 heavy (non-hydrogen) atoms. The van der Waals surface area contributed by atoms with Crippen molar-refractivity contribution >= 4 is 11.4 Å². The first kappa shape index (κ1) is 11.4. The van der Waals surface area contributed by atoms with Gasteiger partial charge in [0.1, 0.15) is 6.07 Å². The largest absolute Gasteiger partial charge is 0.399 e. The van der Waals surface area contributed by atoms with Crippen LogP contribution < -0.4 is 11.1 Å². The van der Waals surface area contributed by atoms with Crippen LogP contribution in [-0.2, 0) is 0 Å². The third kappa shape index (κ3) is 3.51. The summed E-state index contributed by atoms with van der Waals surface area (Å²) in [6.07, 6.45) is 3.55. The van der Waals surface area contributed by atoms with Crippen LogP contribution >= 0.6 is 0 Å². The van der Waals surface area contributed by atoms with E-state index in [-0.39, 0.29) is 0 Å². The van der Waals surface area contributed by atoms with Gasteiger partial charge in [-0.25, -0.2) is 0 Å². The van der Waals surface area contributed by atoms with Crippen molar-refractivity contribution in [2.75, 3.05) is 17.6 Å². The van der Waals surface area contributed by atoms with Crippen LogP contribution in [0, 0.1) is 11.3 Å². The zero-order valence-corrected chi connectivity index (χ0v) is 9.09. The van der Waals surface area contributed by atoms with Gasteiger partial charge in [-0.2, -0.15) is 5.26 Å². The van der Waals surface area contributed by atoms with E-state index in [9.17, 15) is 0 Å². The Morgan fingerprint density at radius 1 is 1.40 bits per heavy atom. The minimum atomic E-state index is 0.617. The maximum absolute atomic E-state index is 8.90. The molecule has 0 unspecified atom stereocenters. The van der Waals surface area contributed by atoms with Gasteiger partial charge in [0, 0.05) is 12.2 Å². The molecule has 0 atom stereocenters. The fourth-order valence-corrected chi connectivity index (χ4v) is 1.41. The fraction of sp³-hybridized carbons (Fsp3) is 0.417. The van der Waals surface area contributed by atoms with Gasteiger partial charge in [0.25, 0.3) is 0 Å². The number of hydrogen-bond acceptors (Lipinski definition) is 3. The van der Waals surface area contributed by atoms with Crippen LogP contribution in [0.1, 0.15) is 31.7 Å². The van der Waals surface area contributed by atoms with Crippen LogP contribution in [0.2, 0.25) is 0 Å². The molecule has 1 rings (SSSR count). The average molecular weight is 203 g/mol. The molecule has 3 N–H and O–H groups in total. The Labute approximate surface area is 90.9 Å². The third-order valence-corrected chi connectivity index (χ3v) is 2.26. The normalized spacial score (nSPS) is 9.60. The molecule has 0 spiro atoms. The van der Waals surface area contributed by atoms with Gasteiger partial charge in [0.15, 0.2) is 0 Å². The van der Waals surface area contributed by atoms with Crippen LogP contribution in [0.4, 0.5) is 11.4 Å². The molecule has 0 radical (unpaired) electrons. The number of nitriles is 1. The zero-order chi connectivity index (χ0) is 11.1. The Hall–Kier alpha value is -1.69. The minimum Gasteiger partial charge on any atom is -0.399 e. The molecule has 3 heteroatoms. The highest BCUT2D eigenvalue weighted by atomic mass is 14.9. The summed E-state index contributed by atoms with van der Waals surface area (Å²) in [6.45, 7) is 3.08. The maximum atomic E-state index is 8.90. The number of anilines is 2. The smallest absolute Gasteiger partial charge is 0.101 e. The van der Waals surface area contributed by atoms with Crippen molar-refractivity contribution in [3.63, 3.8) is 0 Å². The third-order valence-electron chi connectivity index (χ3n) is 2.26. The first-order chi connectivity index (χ1) is 7.27. The topological polar surface area (TPSA) is 61.8 Å². The number of hydrogen-bond donors (Lipinski definition) is 2. The Morgan fingerprint density at radius 3 is 2.87 bits per heavy atom. The molecule has 0 aliphatic carbocycles. The lowest BCUT2D eigenvalue weighted by molar-refractivity contribution is 0.743. The summed E-state index contributed by atoms with van der Waals surface area (Å²) in [7, 11) is 0. The number of benzene rings is 1. The summed E-state index contributed by atoms with van der Waals surface area (Å²) in [6, 6.07) is 7.50. The summed E-state index contributed by atoms with van der Waals surface area (Å²) < 4.78 is 0. The van der Waals surface area contributed by atoms with E-state index in [4.69, 9.17) is 11.0 Å². The van der Waals surface area contributed by atoms with Crippen LogP contribution in [0.25, 0.3) is 0 Å². The highest BCUT2D eigenvalue weighted by Crippen LogP contribution is 2.17. The van der Waals surface area contributed by atoms with Crippen molar-refractivity contribution in [2.45, 2.75) is 26.2 Å². The van der Waals surface area contributed by atoms with Crippen LogP contribution in [0.3, 0.4) is 0 Å². The Balaban J connectivity index is 2.57. The quantitative estimate of drug-likeness (QED) is 0.571. The Bertz CT molecular complexity index is 352. The molecular weight excluding hydrogens is 186 g/mol. The van der Waals surface area contributed by atoms with E-state index in [1.807, 2.05) is 12.1 Å². The summed E-state index contributed by atoms with van der Waals surface area (Å²) in [4.78, 5) is 0. The van der Waals surface area contributed by atoms with Crippen LogP contribution in [-0.4, -0.2) is 6.54 Å². The molecule has 0 aromatic heterocycles. The van der Waals surface area contributed by atoms with E-state index < -0.39 is 0 Å². The van der Waals surface area contributed by atoms with E-state index in [0.717, 1.165) is 18.7 Å². The second-order valence-corrected chi connectivity index (χ2v) is 3.55. The molecule has 0 fully saturated rings. The van der Waals surface area contributed by atoms with Crippen molar-refractivity contribution in [2.24, 2.45) is 0 Å². The molecule has 0 amide bonds. The van der Waals surface area contributed by atoms with Gasteiger partial charge in [0.2, 0.25) is 0 Å². The highest BCUT2D eigenvalue weighted by molar-refractivity contribution is 5.62. The second-order valence-electron chi connectivity index (χ2n) is 3.55. The predicted octanol–water partition coefficient (Wildman–Crippen LogP) is 2.74. The summed E-state index contributed by atoms with van der Waals surface area (Å²) in [5, 5.41) is 12.1. The zero-order valence-electron chi connectivity index (χ0n) is 9.09. The van der Waals surface area contributed by atoms with Gasteiger partial charge in [-0.1, -0.05) is 19.8 Å². The average Bonchev–Trinajstić information content (AvgIpc) is 2.26. The van der Waals surface area contributed by atoms with E-state index in [2.05, 4.69) is 18.3 Å². The number of nitrogen functional groups attached to an aromatic ring is 1. The van der Waals surface area contributed by atoms with Crippen molar-refractivity contribution in [1.29, 1.82) is 5.26 Å². The van der Waals surface area contributed by atoms with Gasteiger partial charge in [-0.15, -0.1) is 0 Å². The Morgan fingerprint density at radius 2 is 2.20 bits per heavy atom. The van der Waals surface area contributed by atoms with E-state index in [1.165, 1.54) is 12.8 Å². The number of nitrogens with two attached hydrogens (primary N) is 1. The monoisotopic (exact) mass is 203 g/mol. The SMILES string of the molecule is CCCCCNc1ccc(N)cc1C#N. The molecule has 1 aromatic rings. The number of unbranched alkanes of at least 4 members (excludes halogenated alkanes) is 2. The molecule has 3 nitrogen and oxygen atoms in total. The first-order valence-electron chi connectivity index (χ1n) is 5.31. The van der Waals surface area contributed by atoms with Gasteiger partial charge >= 0.3 is 0 Å². The lowest BCUT2D eigenvalue weighted by Gasteiger charge is -2.08. The molecule has 0 heterocycles. The highest BCUT2D eigenvalue weighted by Gasteiger charge is 2.00. The first-order valence-corrected chi connectivity index (χ1v) is 5.31. The van der Waals surface area contributed by atoms with Crippen molar-refractivity contribution in [3.8, 4) is 6.07 Å². The second kappa shape index (κ2) is 5.92. The minimum absolute atomic E-state index is 0.617. The summed E-state index contributed by atoms with van der Waals surface area (Å²) >= 11 is 0. The predicted molar refractivity (Wildman–Crippen MR) is 63.6 cm³/mol. The molecule has 0 saturated heterocycles. The van der Waals surface area contributed by atoms with Crippen molar-refractivity contribution in [3.05, 3.63) is 23.8 Å². The lowest BCUT2D eigenvalue weighted by Crippen LogP contribution is -2.03. The van der Waals surface area contributed by atoms with Gasteiger partial charge < -0.3 is 11.1 Å². The van der Waals surface area contributed by atoms with Crippen molar-refractivity contribution in [1.82, 2.24) is 0 Å². The van der Waals surface area contributed by atoms with Crippen LogP contribution in [0.5, 0.6) is 0 Å². The van der Waals surface area contributed by atoms with E-state index in [0.29, 0.717) is 11.3 Å². The molecule has 1 aromatic carbocycles. The van der Waals surface area contributed by atoms with Crippen molar-refractivity contribution < 1.29 is 0 Å². The lowest BCUT2D eigenvalue weighted by atomic mass is 10.1. The maximum Gasteiger partial charge on any atom is 0.101 e. The molecule has 0 aliphatic rings. The number of nitrogens with one attached hydrogen (secondary N) is 1.